The Hall–Kier alpha value is -3.07. The van der Waals surface area contributed by atoms with Crippen molar-refractivity contribution in [2.24, 2.45) is 5.73 Å². The molecule has 0 spiro atoms. The number of amides is 2. The number of thioether (sulfide) groups is 1. The minimum Gasteiger partial charge on any atom is -0.382 e. The van der Waals surface area contributed by atoms with Gasteiger partial charge in [-0.2, -0.15) is 0 Å². The lowest BCUT2D eigenvalue weighted by Gasteiger charge is -2.23. The normalized spacial score (nSPS) is 14.1. The molecule has 1 aliphatic carbocycles. The number of primary amides is 1. The van der Waals surface area contributed by atoms with Gasteiger partial charge in [0, 0.05) is 29.0 Å². The number of rotatable bonds is 8. The number of hydrogen-bond donors (Lipinski definition) is 3. The van der Waals surface area contributed by atoms with Gasteiger partial charge in [0.15, 0.2) is 0 Å². The smallest absolute Gasteiger partial charge is 0.283 e. The number of carbonyl (C=O) groups excluding carboxylic acids is 2. The molecule has 0 heterocycles. The van der Waals surface area contributed by atoms with Gasteiger partial charge >= 0.3 is 0 Å². The molecule has 8 nitrogen and oxygen atoms in total. The lowest BCUT2D eigenvalue weighted by Crippen LogP contribution is -2.22. The molecular formula is C21H24N4O4S. The van der Waals surface area contributed by atoms with Crippen LogP contribution < -0.4 is 16.4 Å². The summed E-state index contributed by atoms with van der Waals surface area (Å²) >= 11 is 1.03. The highest BCUT2D eigenvalue weighted by Gasteiger charge is 2.18. The van der Waals surface area contributed by atoms with Gasteiger partial charge in [0.05, 0.1) is 15.6 Å². The van der Waals surface area contributed by atoms with Crippen LogP contribution in [0.5, 0.6) is 0 Å². The molecule has 1 aliphatic rings. The molecule has 1 saturated carbocycles. The first-order valence-electron chi connectivity index (χ1n) is 9.80. The van der Waals surface area contributed by atoms with E-state index < -0.39 is 10.8 Å². The second kappa shape index (κ2) is 10.1. The molecule has 0 unspecified atom stereocenters. The summed E-state index contributed by atoms with van der Waals surface area (Å²) in [5, 5.41) is 17.6. The summed E-state index contributed by atoms with van der Waals surface area (Å²) in [5.74, 6) is -1.02. The van der Waals surface area contributed by atoms with Crippen molar-refractivity contribution < 1.29 is 14.5 Å². The summed E-state index contributed by atoms with van der Waals surface area (Å²) in [5.41, 5.74) is 6.66. The highest BCUT2D eigenvalue weighted by atomic mass is 32.2. The Labute approximate surface area is 178 Å². The van der Waals surface area contributed by atoms with Crippen LogP contribution in [-0.2, 0) is 4.79 Å². The summed E-state index contributed by atoms with van der Waals surface area (Å²) < 4.78 is 0. The maximum absolute atomic E-state index is 12.3. The third-order valence-electron chi connectivity index (χ3n) is 4.94. The maximum atomic E-state index is 12.3. The van der Waals surface area contributed by atoms with Gasteiger partial charge in [-0.1, -0.05) is 19.3 Å². The quantitative estimate of drug-likeness (QED) is 0.329. The summed E-state index contributed by atoms with van der Waals surface area (Å²) in [6.45, 7) is 0. The Morgan fingerprint density at radius 1 is 1.07 bits per heavy atom. The topological polar surface area (TPSA) is 127 Å². The SMILES string of the molecule is NC(=O)c1ccc(SCC(=O)Nc2ccc(NC3CCCCC3)cc2)c([N+](=O)[O-])c1. The molecular weight excluding hydrogens is 404 g/mol. The molecule has 2 aromatic rings. The van der Waals surface area contributed by atoms with E-state index in [-0.39, 0.29) is 22.9 Å². The fourth-order valence-electron chi connectivity index (χ4n) is 3.41. The fraction of sp³-hybridized carbons (Fsp3) is 0.333. The first-order valence-corrected chi connectivity index (χ1v) is 10.8. The molecule has 9 heteroatoms. The largest absolute Gasteiger partial charge is 0.382 e. The summed E-state index contributed by atoms with van der Waals surface area (Å²) in [6.07, 6.45) is 6.18. The van der Waals surface area contributed by atoms with Crippen molar-refractivity contribution in [2.45, 2.75) is 43.0 Å². The Kier molecular flexibility index (Phi) is 7.29. The Balaban J connectivity index is 1.54. The molecule has 158 valence electrons. The molecule has 0 bridgehead atoms. The summed E-state index contributed by atoms with van der Waals surface area (Å²) in [7, 11) is 0. The van der Waals surface area contributed by atoms with Crippen LogP contribution >= 0.6 is 11.8 Å². The van der Waals surface area contributed by atoms with Gasteiger partial charge < -0.3 is 16.4 Å². The number of nitrogens with two attached hydrogens (primary N) is 1. The van der Waals surface area contributed by atoms with Gasteiger partial charge in [0.25, 0.3) is 5.69 Å². The van der Waals surface area contributed by atoms with Gasteiger partial charge in [-0.3, -0.25) is 19.7 Å². The van der Waals surface area contributed by atoms with E-state index in [1.165, 1.54) is 44.2 Å². The van der Waals surface area contributed by atoms with Crippen molar-refractivity contribution >= 4 is 40.6 Å². The van der Waals surface area contributed by atoms with Crippen LogP contribution in [0.4, 0.5) is 17.1 Å². The summed E-state index contributed by atoms with van der Waals surface area (Å²) in [4.78, 5) is 34.4. The van der Waals surface area contributed by atoms with E-state index >= 15 is 0 Å². The van der Waals surface area contributed by atoms with Gasteiger partial charge in [-0.25, -0.2) is 0 Å². The van der Waals surface area contributed by atoms with Crippen LogP contribution in [0, 0.1) is 10.1 Å². The first kappa shape index (κ1) is 21.6. The average molecular weight is 429 g/mol. The predicted molar refractivity (Wildman–Crippen MR) is 118 cm³/mol. The predicted octanol–water partition coefficient (Wildman–Crippen LogP) is 4.17. The zero-order valence-electron chi connectivity index (χ0n) is 16.4. The zero-order valence-corrected chi connectivity index (χ0v) is 17.2. The third-order valence-corrected chi connectivity index (χ3v) is 6.01. The van der Waals surface area contributed by atoms with E-state index in [0.29, 0.717) is 16.6 Å². The molecule has 2 aromatic carbocycles. The van der Waals surface area contributed by atoms with Crippen LogP contribution in [0.15, 0.2) is 47.4 Å². The molecule has 0 aliphatic heterocycles. The average Bonchev–Trinajstić information content (AvgIpc) is 2.74. The van der Waals surface area contributed by atoms with Crippen LogP contribution in [0.1, 0.15) is 42.5 Å². The number of nitrogens with one attached hydrogen (secondary N) is 2. The van der Waals surface area contributed by atoms with E-state index in [0.717, 1.165) is 23.5 Å². The Morgan fingerprint density at radius 3 is 2.37 bits per heavy atom. The number of hydrogen-bond acceptors (Lipinski definition) is 6. The second-order valence-electron chi connectivity index (χ2n) is 7.20. The van der Waals surface area contributed by atoms with Crippen molar-refractivity contribution in [3.63, 3.8) is 0 Å². The molecule has 0 saturated heterocycles. The second-order valence-corrected chi connectivity index (χ2v) is 8.21. The zero-order chi connectivity index (χ0) is 21.5. The molecule has 4 N–H and O–H groups in total. The Morgan fingerprint density at radius 2 is 1.73 bits per heavy atom. The molecule has 30 heavy (non-hydrogen) atoms. The summed E-state index contributed by atoms with van der Waals surface area (Å²) in [6, 6.07) is 12.0. The van der Waals surface area contributed by atoms with Crippen LogP contribution in [0.25, 0.3) is 0 Å². The van der Waals surface area contributed by atoms with Gasteiger partial charge in [0.2, 0.25) is 11.8 Å². The van der Waals surface area contributed by atoms with E-state index in [4.69, 9.17) is 5.73 Å². The molecule has 0 atom stereocenters. The minimum atomic E-state index is -0.742. The number of nitrogens with zero attached hydrogens (tertiary/aromatic N) is 1. The van der Waals surface area contributed by atoms with Crippen molar-refractivity contribution in [2.75, 3.05) is 16.4 Å². The molecule has 3 rings (SSSR count). The molecule has 0 radical (unpaired) electrons. The van der Waals surface area contributed by atoms with E-state index in [1.807, 2.05) is 24.3 Å². The third kappa shape index (κ3) is 5.96. The monoisotopic (exact) mass is 428 g/mol. The number of nitro groups is 1. The van der Waals surface area contributed by atoms with Gasteiger partial charge in [0.1, 0.15) is 0 Å². The highest BCUT2D eigenvalue weighted by molar-refractivity contribution is 8.00. The minimum absolute atomic E-state index is 0.00116. The number of anilines is 2. The molecule has 1 fully saturated rings. The lowest BCUT2D eigenvalue weighted by atomic mass is 9.95. The van der Waals surface area contributed by atoms with Gasteiger partial charge in [-0.05, 0) is 49.2 Å². The first-order chi connectivity index (χ1) is 14.4. The lowest BCUT2D eigenvalue weighted by molar-refractivity contribution is -0.387. The fourth-order valence-corrected chi connectivity index (χ4v) is 4.21. The van der Waals surface area contributed by atoms with E-state index in [1.54, 1.807) is 0 Å². The van der Waals surface area contributed by atoms with Crippen LogP contribution in [0.3, 0.4) is 0 Å². The van der Waals surface area contributed by atoms with E-state index in [9.17, 15) is 19.7 Å². The van der Waals surface area contributed by atoms with Crippen molar-refractivity contribution in [1.29, 1.82) is 0 Å². The molecule has 0 aromatic heterocycles. The van der Waals surface area contributed by atoms with Crippen molar-refractivity contribution in [3.8, 4) is 0 Å². The standard InChI is InChI=1S/C21H24N4O4S/c22-21(27)14-6-11-19(18(12-14)25(28)29)30-13-20(26)24-17-9-7-16(8-10-17)23-15-4-2-1-3-5-15/h6-12,15,23H,1-5,13H2,(H2,22,27)(H,24,26). The van der Waals surface area contributed by atoms with Crippen molar-refractivity contribution in [3.05, 3.63) is 58.1 Å². The van der Waals surface area contributed by atoms with Gasteiger partial charge in [-0.15, -0.1) is 11.8 Å². The number of benzene rings is 2. The van der Waals surface area contributed by atoms with Crippen molar-refractivity contribution in [1.82, 2.24) is 0 Å². The van der Waals surface area contributed by atoms with E-state index in [2.05, 4.69) is 10.6 Å². The Bertz CT molecular complexity index is 927. The molecule has 2 amide bonds. The van der Waals surface area contributed by atoms with Crippen LogP contribution in [-0.4, -0.2) is 28.5 Å². The maximum Gasteiger partial charge on any atom is 0.283 e. The highest BCUT2D eigenvalue weighted by Crippen LogP contribution is 2.30. The van der Waals surface area contributed by atoms with Crippen LogP contribution in [0.2, 0.25) is 0 Å². The number of nitro benzene ring substituents is 1. The number of carbonyl (C=O) groups is 2.